The van der Waals surface area contributed by atoms with Gasteiger partial charge in [-0.3, -0.25) is 0 Å². The predicted molar refractivity (Wildman–Crippen MR) is 67.0 cm³/mol. The van der Waals surface area contributed by atoms with E-state index in [1.165, 1.54) is 24.3 Å². The molecule has 2 rings (SSSR count). The van der Waals surface area contributed by atoms with E-state index >= 15 is 0 Å². The highest BCUT2D eigenvalue weighted by Crippen LogP contribution is 2.27. The van der Waals surface area contributed by atoms with Crippen LogP contribution < -0.4 is 10.1 Å². The molecule has 0 saturated carbocycles. The molecule has 1 aliphatic rings. The van der Waals surface area contributed by atoms with E-state index in [0.29, 0.717) is 6.04 Å². The fourth-order valence-electron chi connectivity index (χ4n) is 1.84. The van der Waals surface area contributed by atoms with E-state index in [1.54, 1.807) is 7.11 Å². The largest absolute Gasteiger partial charge is 0.495 e. The number of para-hydroxylation sites is 2. The Labute approximate surface area is 95.4 Å². The molecule has 0 aliphatic carbocycles. The van der Waals surface area contributed by atoms with Gasteiger partial charge in [-0.25, -0.2) is 0 Å². The first-order valence-electron chi connectivity index (χ1n) is 5.37. The summed E-state index contributed by atoms with van der Waals surface area (Å²) in [6.07, 6.45) is 2.59. The Kier molecular flexibility index (Phi) is 3.78. The molecule has 0 bridgehead atoms. The minimum absolute atomic E-state index is 0.597. The molecule has 1 unspecified atom stereocenters. The summed E-state index contributed by atoms with van der Waals surface area (Å²) >= 11 is 2.03. The van der Waals surface area contributed by atoms with Gasteiger partial charge in [0, 0.05) is 11.8 Å². The van der Waals surface area contributed by atoms with Crippen molar-refractivity contribution in [2.24, 2.45) is 0 Å². The van der Waals surface area contributed by atoms with Gasteiger partial charge < -0.3 is 10.1 Å². The number of benzene rings is 1. The van der Waals surface area contributed by atoms with Gasteiger partial charge in [0.05, 0.1) is 12.8 Å². The second-order valence-electron chi connectivity index (χ2n) is 3.76. The van der Waals surface area contributed by atoms with Gasteiger partial charge in [-0.1, -0.05) is 12.1 Å². The van der Waals surface area contributed by atoms with Crippen molar-refractivity contribution in [3.05, 3.63) is 24.3 Å². The van der Waals surface area contributed by atoms with Gasteiger partial charge in [-0.15, -0.1) is 0 Å². The fourth-order valence-corrected chi connectivity index (χ4v) is 2.91. The van der Waals surface area contributed by atoms with E-state index in [4.69, 9.17) is 4.74 Å². The van der Waals surface area contributed by atoms with Crippen LogP contribution >= 0.6 is 11.8 Å². The van der Waals surface area contributed by atoms with E-state index < -0.39 is 0 Å². The predicted octanol–water partition coefficient (Wildman–Crippen LogP) is 3.00. The summed E-state index contributed by atoms with van der Waals surface area (Å²) in [5, 5.41) is 3.55. The topological polar surface area (TPSA) is 21.3 Å². The second kappa shape index (κ2) is 5.31. The highest BCUT2D eigenvalue weighted by molar-refractivity contribution is 7.99. The van der Waals surface area contributed by atoms with E-state index in [1.807, 2.05) is 30.0 Å². The molecule has 1 fully saturated rings. The molecule has 1 aromatic rings. The Bertz CT molecular complexity index is 310. The molecule has 2 nitrogen and oxygen atoms in total. The number of hydrogen-bond donors (Lipinski definition) is 1. The summed E-state index contributed by atoms with van der Waals surface area (Å²) in [5.74, 6) is 3.45. The van der Waals surface area contributed by atoms with Crippen molar-refractivity contribution >= 4 is 17.4 Å². The van der Waals surface area contributed by atoms with E-state index in [-0.39, 0.29) is 0 Å². The first-order chi connectivity index (χ1) is 7.40. The zero-order valence-corrected chi connectivity index (χ0v) is 9.85. The Morgan fingerprint density at radius 2 is 2.27 bits per heavy atom. The molecule has 1 aromatic carbocycles. The molecular formula is C12H17NOS. The lowest BCUT2D eigenvalue weighted by molar-refractivity contribution is 0.416. The lowest BCUT2D eigenvalue weighted by Gasteiger charge is -2.24. The van der Waals surface area contributed by atoms with Gasteiger partial charge in [-0.2, -0.15) is 11.8 Å². The van der Waals surface area contributed by atoms with E-state index in [0.717, 1.165) is 11.4 Å². The second-order valence-corrected chi connectivity index (χ2v) is 4.91. The van der Waals surface area contributed by atoms with Gasteiger partial charge in [-0.05, 0) is 30.7 Å². The molecule has 1 atom stereocenters. The lowest BCUT2D eigenvalue weighted by atomic mass is 10.1. The maximum Gasteiger partial charge on any atom is 0.141 e. The summed E-state index contributed by atoms with van der Waals surface area (Å²) in [6, 6.07) is 8.72. The van der Waals surface area contributed by atoms with Crippen LogP contribution in [0.5, 0.6) is 5.75 Å². The third-order valence-corrected chi connectivity index (χ3v) is 3.84. The van der Waals surface area contributed by atoms with Crippen molar-refractivity contribution in [3.8, 4) is 5.75 Å². The van der Waals surface area contributed by atoms with Gasteiger partial charge >= 0.3 is 0 Å². The molecule has 0 aromatic heterocycles. The van der Waals surface area contributed by atoms with Crippen molar-refractivity contribution in [1.29, 1.82) is 0 Å². The Balaban J connectivity index is 2.02. The van der Waals surface area contributed by atoms with E-state index in [9.17, 15) is 0 Å². The molecular weight excluding hydrogens is 206 g/mol. The quantitative estimate of drug-likeness (QED) is 0.851. The number of thioether (sulfide) groups is 1. The van der Waals surface area contributed by atoms with Crippen molar-refractivity contribution in [3.63, 3.8) is 0 Å². The molecule has 1 heterocycles. The number of hydrogen-bond acceptors (Lipinski definition) is 3. The van der Waals surface area contributed by atoms with Crippen LogP contribution in [-0.4, -0.2) is 24.7 Å². The van der Waals surface area contributed by atoms with Crippen molar-refractivity contribution in [1.82, 2.24) is 0 Å². The monoisotopic (exact) mass is 223 g/mol. The van der Waals surface area contributed by atoms with Crippen molar-refractivity contribution < 1.29 is 4.74 Å². The normalized spacial score (nSPS) is 21.0. The molecule has 82 valence electrons. The number of ether oxygens (including phenoxy) is 1. The number of methoxy groups -OCH3 is 1. The average Bonchev–Trinajstić information content (AvgIpc) is 2.31. The van der Waals surface area contributed by atoms with Crippen LogP contribution in [0.1, 0.15) is 12.8 Å². The third kappa shape index (κ3) is 2.81. The number of rotatable bonds is 3. The number of nitrogens with one attached hydrogen (secondary N) is 1. The van der Waals surface area contributed by atoms with Crippen LogP contribution in [-0.2, 0) is 0 Å². The lowest BCUT2D eigenvalue weighted by Crippen LogP contribution is -2.25. The van der Waals surface area contributed by atoms with Crippen molar-refractivity contribution in [2.45, 2.75) is 18.9 Å². The summed E-state index contributed by atoms with van der Waals surface area (Å²) in [4.78, 5) is 0. The molecule has 3 heteroatoms. The van der Waals surface area contributed by atoms with Crippen LogP contribution in [0, 0.1) is 0 Å². The van der Waals surface area contributed by atoms with Gasteiger partial charge in [0.1, 0.15) is 5.75 Å². The van der Waals surface area contributed by atoms with Crippen LogP contribution in [0.4, 0.5) is 5.69 Å². The van der Waals surface area contributed by atoms with Crippen LogP contribution in [0.3, 0.4) is 0 Å². The molecule has 15 heavy (non-hydrogen) atoms. The zero-order valence-electron chi connectivity index (χ0n) is 9.03. The average molecular weight is 223 g/mol. The standard InChI is InChI=1S/C12H17NOS/c1-14-12-7-3-2-6-11(12)13-10-5-4-8-15-9-10/h2-3,6-7,10,13H,4-5,8-9H2,1H3. The Morgan fingerprint density at radius 1 is 1.40 bits per heavy atom. The molecule has 0 amide bonds. The van der Waals surface area contributed by atoms with Crippen LogP contribution in [0.2, 0.25) is 0 Å². The van der Waals surface area contributed by atoms with E-state index in [2.05, 4.69) is 11.4 Å². The van der Waals surface area contributed by atoms with Crippen LogP contribution in [0.25, 0.3) is 0 Å². The molecule has 0 spiro atoms. The number of anilines is 1. The third-order valence-electron chi connectivity index (χ3n) is 2.63. The van der Waals surface area contributed by atoms with Crippen LogP contribution in [0.15, 0.2) is 24.3 Å². The zero-order chi connectivity index (χ0) is 10.5. The summed E-state index contributed by atoms with van der Waals surface area (Å²) in [7, 11) is 1.72. The maximum atomic E-state index is 5.32. The van der Waals surface area contributed by atoms with Crippen molar-refractivity contribution in [2.75, 3.05) is 23.9 Å². The molecule has 1 saturated heterocycles. The minimum Gasteiger partial charge on any atom is -0.495 e. The smallest absolute Gasteiger partial charge is 0.141 e. The first-order valence-corrected chi connectivity index (χ1v) is 6.53. The highest BCUT2D eigenvalue weighted by atomic mass is 32.2. The molecule has 1 aliphatic heterocycles. The molecule has 0 radical (unpaired) electrons. The van der Waals surface area contributed by atoms with Gasteiger partial charge in [0.25, 0.3) is 0 Å². The fraction of sp³-hybridized carbons (Fsp3) is 0.500. The molecule has 1 N–H and O–H groups in total. The Morgan fingerprint density at radius 3 is 3.00 bits per heavy atom. The summed E-state index contributed by atoms with van der Waals surface area (Å²) in [5.41, 5.74) is 1.12. The highest BCUT2D eigenvalue weighted by Gasteiger charge is 2.14. The summed E-state index contributed by atoms with van der Waals surface area (Å²) in [6.45, 7) is 0. The SMILES string of the molecule is COc1ccccc1NC1CCCSC1. The first kappa shape index (κ1) is 10.7. The van der Waals surface area contributed by atoms with Gasteiger partial charge in [0.15, 0.2) is 0 Å². The van der Waals surface area contributed by atoms with Gasteiger partial charge in [0.2, 0.25) is 0 Å². The summed E-state index contributed by atoms with van der Waals surface area (Å²) < 4.78 is 5.32. The Hall–Kier alpha value is -0.830. The maximum absolute atomic E-state index is 5.32. The minimum atomic E-state index is 0.597.